The van der Waals surface area contributed by atoms with E-state index in [9.17, 15) is 8.42 Å². The quantitative estimate of drug-likeness (QED) is 0.786. The molecule has 1 N–H and O–H groups in total. The molecule has 2 aromatic rings. The molecule has 6 heteroatoms. The molecule has 0 amide bonds. The molecule has 0 bridgehead atoms. The first-order valence-corrected chi connectivity index (χ1v) is 9.69. The van der Waals surface area contributed by atoms with E-state index in [4.69, 9.17) is 0 Å². The number of nitrogens with one attached hydrogen (secondary N) is 1. The Morgan fingerprint density at radius 3 is 2.50 bits per heavy atom. The highest BCUT2D eigenvalue weighted by Gasteiger charge is 2.17. The largest absolute Gasteiger partial charge is 0.240 e. The average Bonchev–Trinajstić information content (AvgIpc) is 2.91. The first-order chi connectivity index (χ1) is 9.51. The van der Waals surface area contributed by atoms with E-state index in [0.29, 0.717) is 11.3 Å². The fourth-order valence-corrected chi connectivity index (χ4v) is 4.32. The van der Waals surface area contributed by atoms with Gasteiger partial charge >= 0.3 is 0 Å². The highest BCUT2D eigenvalue weighted by molar-refractivity contribution is 9.08. The number of halogens is 1. The number of hydrogen-bond donors (Lipinski definition) is 1. The molecule has 0 aliphatic carbocycles. The number of benzene rings is 1. The van der Waals surface area contributed by atoms with Gasteiger partial charge < -0.3 is 0 Å². The first-order valence-electron chi connectivity index (χ1n) is 6.21. The van der Waals surface area contributed by atoms with Crippen molar-refractivity contribution in [2.24, 2.45) is 0 Å². The van der Waals surface area contributed by atoms with E-state index in [0.717, 1.165) is 10.9 Å². The third-order valence-corrected chi connectivity index (χ3v) is 5.98. The van der Waals surface area contributed by atoms with Crippen LogP contribution in [0.1, 0.15) is 17.4 Å². The Labute approximate surface area is 132 Å². The molecule has 0 aliphatic rings. The number of sulfonamides is 1. The van der Waals surface area contributed by atoms with Crippen LogP contribution in [0.4, 0.5) is 0 Å². The van der Waals surface area contributed by atoms with Crippen molar-refractivity contribution in [2.45, 2.75) is 29.6 Å². The Morgan fingerprint density at radius 1 is 1.25 bits per heavy atom. The van der Waals surface area contributed by atoms with Crippen LogP contribution in [0.25, 0.3) is 0 Å². The van der Waals surface area contributed by atoms with Gasteiger partial charge in [0.2, 0.25) is 10.0 Å². The minimum atomic E-state index is -3.45. The Kier molecular flexibility index (Phi) is 5.37. The van der Waals surface area contributed by atoms with Crippen LogP contribution < -0.4 is 4.72 Å². The maximum absolute atomic E-state index is 12.3. The molecule has 3 nitrogen and oxygen atoms in total. The van der Waals surface area contributed by atoms with E-state index < -0.39 is 10.0 Å². The highest BCUT2D eigenvalue weighted by atomic mass is 79.9. The van der Waals surface area contributed by atoms with Crippen molar-refractivity contribution in [3.63, 3.8) is 0 Å². The average molecular weight is 374 g/mol. The smallest absolute Gasteiger partial charge is 0.208 e. The summed E-state index contributed by atoms with van der Waals surface area (Å²) in [5.74, 6) is 0. The SMILES string of the molecule is CC(Cc1cccs1)NS(=O)(=O)c1ccc(CBr)cc1. The molecule has 0 radical (unpaired) electrons. The molecule has 1 atom stereocenters. The van der Waals surface area contributed by atoms with Crippen molar-refractivity contribution in [2.75, 3.05) is 0 Å². The molecule has 1 aromatic heterocycles. The van der Waals surface area contributed by atoms with E-state index in [1.807, 2.05) is 36.6 Å². The summed E-state index contributed by atoms with van der Waals surface area (Å²) in [6, 6.07) is 10.8. The second-order valence-electron chi connectivity index (χ2n) is 4.58. The van der Waals surface area contributed by atoms with E-state index in [1.165, 1.54) is 4.88 Å². The molecule has 1 heterocycles. The summed E-state index contributed by atoms with van der Waals surface area (Å²) in [7, 11) is -3.45. The predicted molar refractivity (Wildman–Crippen MR) is 86.9 cm³/mol. The van der Waals surface area contributed by atoms with Crippen LogP contribution in [0.5, 0.6) is 0 Å². The standard InChI is InChI=1S/C14H16BrNO2S2/c1-11(9-13-3-2-8-19-13)16-20(17,18)14-6-4-12(10-15)5-7-14/h2-8,11,16H,9-10H2,1H3. The van der Waals surface area contributed by atoms with Gasteiger partial charge in [0.25, 0.3) is 0 Å². The van der Waals surface area contributed by atoms with Crippen LogP contribution in [0.15, 0.2) is 46.7 Å². The molecule has 0 spiro atoms. The molecular formula is C14H16BrNO2S2. The highest BCUT2D eigenvalue weighted by Crippen LogP contribution is 2.15. The van der Waals surface area contributed by atoms with Crippen molar-refractivity contribution < 1.29 is 8.42 Å². The minimum Gasteiger partial charge on any atom is -0.208 e. The van der Waals surface area contributed by atoms with Gasteiger partial charge in [0.1, 0.15) is 0 Å². The lowest BCUT2D eigenvalue weighted by Gasteiger charge is -2.13. The molecule has 0 saturated carbocycles. The van der Waals surface area contributed by atoms with E-state index in [2.05, 4.69) is 20.7 Å². The predicted octanol–water partition coefficient (Wildman–Crippen LogP) is 3.55. The van der Waals surface area contributed by atoms with Gasteiger partial charge in [-0.15, -0.1) is 11.3 Å². The lowest BCUT2D eigenvalue weighted by Crippen LogP contribution is -2.33. The van der Waals surface area contributed by atoms with Crippen molar-refractivity contribution in [1.29, 1.82) is 0 Å². The van der Waals surface area contributed by atoms with Gasteiger partial charge in [-0.25, -0.2) is 13.1 Å². The zero-order valence-corrected chi connectivity index (χ0v) is 14.3. The van der Waals surface area contributed by atoms with Gasteiger partial charge in [-0.2, -0.15) is 0 Å². The molecule has 0 saturated heterocycles. The topological polar surface area (TPSA) is 46.2 Å². The molecule has 108 valence electrons. The van der Waals surface area contributed by atoms with Crippen LogP contribution in [0.3, 0.4) is 0 Å². The maximum atomic E-state index is 12.3. The van der Waals surface area contributed by atoms with Crippen LogP contribution in [-0.4, -0.2) is 14.5 Å². The van der Waals surface area contributed by atoms with E-state index >= 15 is 0 Å². The molecule has 20 heavy (non-hydrogen) atoms. The van der Waals surface area contributed by atoms with Crippen molar-refractivity contribution >= 4 is 37.3 Å². The summed E-state index contributed by atoms with van der Waals surface area (Å²) in [4.78, 5) is 1.48. The fraction of sp³-hybridized carbons (Fsp3) is 0.286. The fourth-order valence-electron chi connectivity index (χ4n) is 1.86. The third kappa shape index (κ3) is 4.15. The van der Waals surface area contributed by atoms with Gasteiger partial charge in [-0.3, -0.25) is 0 Å². The van der Waals surface area contributed by atoms with Crippen LogP contribution >= 0.6 is 27.3 Å². The first kappa shape index (κ1) is 15.7. The number of rotatable bonds is 6. The van der Waals surface area contributed by atoms with Gasteiger partial charge in [0.05, 0.1) is 4.90 Å². The zero-order valence-electron chi connectivity index (χ0n) is 11.0. The summed E-state index contributed by atoms with van der Waals surface area (Å²) in [5.41, 5.74) is 1.05. The van der Waals surface area contributed by atoms with Crippen LogP contribution in [-0.2, 0) is 21.8 Å². The molecule has 1 aromatic carbocycles. The summed E-state index contributed by atoms with van der Waals surface area (Å²) in [6.45, 7) is 1.88. The molecule has 1 unspecified atom stereocenters. The second-order valence-corrected chi connectivity index (χ2v) is 7.89. The Morgan fingerprint density at radius 2 is 1.95 bits per heavy atom. The maximum Gasteiger partial charge on any atom is 0.240 e. The van der Waals surface area contributed by atoms with Crippen LogP contribution in [0.2, 0.25) is 0 Å². The Balaban J connectivity index is 2.05. The lowest BCUT2D eigenvalue weighted by atomic mass is 10.2. The lowest BCUT2D eigenvalue weighted by molar-refractivity contribution is 0.560. The van der Waals surface area contributed by atoms with E-state index in [-0.39, 0.29) is 6.04 Å². The van der Waals surface area contributed by atoms with Crippen molar-refractivity contribution in [1.82, 2.24) is 4.72 Å². The zero-order chi connectivity index (χ0) is 14.6. The Bertz CT molecular complexity index is 636. The number of hydrogen-bond acceptors (Lipinski definition) is 3. The number of thiophene rings is 1. The summed E-state index contributed by atoms with van der Waals surface area (Å²) in [6.07, 6.45) is 0.705. The van der Waals surface area contributed by atoms with Crippen molar-refractivity contribution in [3.8, 4) is 0 Å². The van der Waals surface area contributed by atoms with Gasteiger partial charge in [0.15, 0.2) is 0 Å². The summed E-state index contributed by atoms with van der Waals surface area (Å²) < 4.78 is 27.2. The normalized spacial score (nSPS) is 13.3. The second kappa shape index (κ2) is 6.85. The number of alkyl halides is 1. The van der Waals surface area contributed by atoms with Gasteiger partial charge in [0, 0.05) is 16.2 Å². The summed E-state index contributed by atoms with van der Waals surface area (Å²) in [5, 5.41) is 2.71. The molecular weight excluding hydrogens is 358 g/mol. The van der Waals surface area contributed by atoms with Gasteiger partial charge in [-0.1, -0.05) is 34.1 Å². The van der Waals surface area contributed by atoms with Gasteiger partial charge in [-0.05, 0) is 42.5 Å². The summed E-state index contributed by atoms with van der Waals surface area (Å²) >= 11 is 4.98. The molecule has 0 aliphatic heterocycles. The van der Waals surface area contributed by atoms with Crippen LogP contribution in [0, 0.1) is 0 Å². The van der Waals surface area contributed by atoms with Crippen molar-refractivity contribution in [3.05, 3.63) is 52.2 Å². The monoisotopic (exact) mass is 373 g/mol. The minimum absolute atomic E-state index is 0.130. The molecule has 0 fully saturated rings. The Hall–Kier alpha value is -0.690. The third-order valence-electron chi connectivity index (χ3n) is 2.83. The molecule has 2 rings (SSSR count). The van der Waals surface area contributed by atoms with E-state index in [1.54, 1.807) is 23.5 Å².